The molecule has 2 N–H and O–H groups in total. The number of benzene rings is 3. The molecule has 4 aromatic rings. The van der Waals surface area contributed by atoms with Crippen molar-refractivity contribution in [2.75, 3.05) is 79.5 Å². The van der Waals surface area contributed by atoms with Gasteiger partial charge in [-0.05, 0) is 91.2 Å². The first-order valence-corrected chi connectivity index (χ1v) is 17.9. The highest BCUT2D eigenvalue weighted by Crippen LogP contribution is 2.31. The van der Waals surface area contributed by atoms with Gasteiger partial charge in [0.25, 0.3) is 0 Å². The summed E-state index contributed by atoms with van der Waals surface area (Å²) in [5.74, 6) is 1.24. The number of nitrogens with zero attached hydrogens (tertiary/aromatic N) is 7. The minimum absolute atomic E-state index is 0.144. The maximum Gasteiger partial charge on any atom is 0.331 e. The van der Waals surface area contributed by atoms with Crippen LogP contribution in [-0.4, -0.2) is 97.2 Å². The summed E-state index contributed by atoms with van der Waals surface area (Å²) in [7, 11) is 1.62. The van der Waals surface area contributed by atoms with Crippen LogP contribution in [0.5, 0.6) is 5.75 Å². The molecule has 3 saturated heterocycles. The summed E-state index contributed by atoms with van der Waals surface area (Å²) in [6, 6.07) is 22.7. The predicted molar refractivity (Wildman–Crippen MR) is 199 cm³/mol. The third-order valence-electron chi connectivity index (χ3n) is 10.6. The van der Waals surface area contributed by atoms with E-state index in [1.165, 1.54) is 21.8 Å². The standard InChI is InChI=1S/C39H45N9O3/c1-27-21-32(9-12-36(27)47-16-14-37(49)48(39(47)50)24-28-3-10-34(51-2)11-4-28)44-17-19-45(20-18-44)33-25-46(26-33)31-7-5-30(6-8-31)42-38-41-22-29-13-15-40-23-35(29)43-38/h3-12,21-22,33,40H,13-20,23-26H2,1-2H3,(H,41,42,43). The lowest BCUT2D eigenvalue weighted by Crippen LogP contribution is -2.63. The van der Waals surface area contributed by atoms with Crippen LogP contribution in [0.4, 0.5) is 33.5 Å². The SMILES string of the molecule is COc1ccc(CN2C(=O)CCN(c3ccc(N4CCN(C5CN(c6ccc(Nc7ncc8c(n7)CNCC8)cc6)C5)CC4)cc3C)C2=O)cc1. The van der Waals surface area contributed by atoms with Gasteiger partial charge in [0.1, 0.15) is 5.75 Å². The zero-order valence-electron chi connectivity index (χ0n) is 29.3. The summed E-state index contributed by atoms with van der Waals surface area (Å²) in [5.41, 5.74) is 8.49. The Balaban J connectivity index is 0.821. The lowest BCUT2D eigenvalue weighted by atomic mass is 10.0. The molecule has 264 valence electrons. The topological polar surface area (TPSA) is 109 Å². The van der Waals surface area contributed by atoms with Crippen molar-refractivity contribution in [1.29, 1.82) is 0 Å². The molecule has 5 heterocycles. The summed E-state index contributed by atoms with van der Waals surface area (Å²) < 4.78 is 5.24. The van der Waals surface area contributed by atoms with Crippen LogP contribution >= 0.6 is 0 Å². The van der Waals surface area contributed by atoms with Crippen molar-refractivity contribution in [1.82, 2.24) is 25.1 Å². The van der Waals surface area contributed by atoms with E-state index in [4.69, 9.17) is 9.72 Å². The van der Waals surface area contributed by atoms with E-state index in [9.17, 15) is 9.59 Å². The van der Waals surface area contributed by atoms with Gasteiger partial charge in [-0.3, -0.25) is 19.5 Å². The molecule has 0 aliphatic carbocycles. The molecule has 51 heavy (non-hydrogen) atoms. The maximum atomic E-state index is 13.6. The Bertz CT molecular complexity index is 1890. The van der Waals surface area contributed by atoms with Gasteiger partial charge in [-0.25, -0.2) is 14.8 Å². The number of urea groups is 1. The molecule has 0 radical (unpaired) electrons. The highest BCUT2D eigenvalue weighted by atomic mass is 16.5. The zero-order chi connectivity index (χ0) is 34.9. The second kappa shape index (κ2) is 14.2. The number of imide groups is 1. The molecular weight excluding hydrogens is 642 g/mol. The van der Waals surface area contributed by atoms with Gasteiger partial charge < -0.3 is 25.2 Å². The second-order valence-corrected chi connectivity index (χ2v) is 13.8. The van der Waals surface area contributed by atoms with Gasteiger partial charge >= 0.3 is 6.03 Å². The zero-order valence-corrected chi connectivity index (χ0v) is 29.3. The summed E-state index contributed by atoms with van der Waals surface area (Å²) >= 11 is 0. The van der Waals surface area contributed by atoms with Crippen molar-refractivity contribution in [3.05, 3.63) is 95.3 Å². The number of methoxy groups -OCH3 is 1. The van der Waals surface area contributed by atoms with E-state index < -0.39 is 0 Å². The van der Waals surface area contributed by atoms with E-state index in [1.807, 2.05) is 36.5 Å². The minimum Gasteiger partial charge on any atom is -0.497 e. The molecular formula is C39H45N9O3. The first-order chi connectivity index (χ1) is 24.9. The van der Waals surface area contributed by atoms with Gasteiger partial charge in [0.05, 0.1) is 19.3 Å². The second-order valence-electron chi connectivity index (χ2n) is 13.8. The van der Waals surface area contributed by atoms with Gasteiger partial charge in [0.15, 0.2) is 0 Å². The number of fused-ring (bicyclic) bond motifs is 1. The molecule has 0 spiro atoms. The van der Waals surface area contributed by atoms with Gasteiger partial charge in [0, 0.05) is 93.8 Å². The Morgan fingerprint density at radius 1 is 0.882 bits per heavy atom. The molecule has 0 saturated carbocycles. The Kier molecular flexibility index (Phi) is 9.18. The molecule has 8 rings (SSSR count). The highest BCUT2D eigenvalue weighted by Gasteiger charge is 2.35. The van der Waals surface area contributed by atoms with E-state index in [2.05, 4.69) is 73.6 Å². The van der Waals surface area contributed by atoms with E-state index in [0.29, 0.717) is 25.0 Å². The van der Waals surface area contributed by atoms with Crippen LogP contribution in [0.3, 0.4) is 0 Å². The molecule has 0 bridgehead atoms. The molecule has 3 fully saturated rings. The fourth-order valence-electron chi connectivity index (χ4n) is 7.54. The maximum absolute atomic E-state index is 13.6. The summed E-state index contributed by atoms with van der Waals surface area (Å²) in [5, 5.41) is 6.73. The average Bonchev–Trinajstić information content (AvgIpc) is 3.14. The number of rotatable bonds is 9. The van der Waals surface area contributed by atoms with E-state index in [0.717, 1.165) is 92.7 Å². The number of aryl methyl sites for hydroxylation is 1. The van der Waals surface area contributed by atoms with Crippen LogP contribution in [0.25, 0.3) is 0 Å². The molecule has 1 aromatic heterocycles. The van der Waals surface area contributed by atoms with Crippen LogP contribution in [0.2, 0.25) is 0 Å². The number of hydrogen-bond acceptors (Lipinski definition) is 10. The van der Waals surface area contributed by atoms with Crippen molar-refractivity contribution >= 4 is 40.6 Å². The number of nitrogens with one attached hydrogen (secondary N) is 2. The number of hydrogen-bond donors (Lipinski definition) is 2. The van der Waals surface area contributed by atoms with E-state index in [-0.39, 0.29) is 18.5 Å². The first kappa shape index (κ1) is 33.0. The average molecular weight is 688 g/mol. The number of carbonyl (C=O) groups excluding carboxylic acids is 2. The number of anilines is 5. The number of amides is 3. The molecule has 12 heteroatoms. The number of ether oxygens (including phenoxy) is 1. The molecule has 4 aliphatic rings. The van der Waals surface area contributed by atoms with Crippen LogP contribution in [-0.2, 0) is 24.3 Å². The van der Waals surface area contributed by atoms with E-state index in [1.54, 1.807) is 12.0 Å². The van der Waals surface area contributed by atoms with Gasteiger partial charge in [0.2, 0.25) is 11.9 Å². The molecule has 0 unspecified atom stereocenters. The van der Waals surface area contributed by atoms with Crippen LogP contribution in [0.1, 0.15) is 28.8 Å². The summed E-state index contributed by atoms with van der Waals surface area (Å²) in [6.45, 7) is 10.5. The highest BCUT2D eigenvalue weighted by molar-refractivity contribution is 6.06. The van der Waals surface area contributed by atoms with Crippen molar-refractivity contribution in [3.63, 3.8) is 0 Å². The summed E-state index contributed by atoms with van der Waals surface area (Å²) in [6.07, 6.45) is 3.22. The van der Waals surface area contributed by atoms with Crippen molar-refractivity contribution in [3.8, 4) is 5.75 Å². The Morgan fingerprint density at radius 3 is 2.39 bits per heavy atom. The quantitative estimate of drug-likeness (QED) is 0.260. The monoisotopic (exact) mass is 687 g/mol. The fourth-order valence-corrected chi connectivity index (χ4v) is 7.54. The lowest BCUT2D eigenvalue weighted by molar-refractivity contribution is -0.129. The molecule has 4 aliphatic heterocycles. The largest absolute Gasteiger partial charge is 0.497 e. The van der Waals surface area contributed by atoms with Crippen molar-refractivity contribution in [2.24, 2.45) is 0 Å². The Hall–Kier alpha value is -5.20. The number of aromatic nitrogens is 2. The molecule has 3 amide bonds. The van der Waals surface area contributed by atoms with Crippen LogP contribution < -0.4 is 30.1 Å². The van der Waals surface area contributed by atoms with Gasteiger partial charge in [-0.1, -0.05) is 12.1 Å². The fraction of sp³-hybridized carbons (Fsp3) is 0.385. The molecule has 12 nitrogen and oxygen atoms in total. The van der Waals surface area contributed by atoms with Crippen LogP contribution in [0.15, 0.2) is 72.9 Å². The Labute approximate surface area is 299 Å². The predicted octanol–water partition coefficient (Wildman–Crippen LogP) is 4.55. The third-order valence-corrected chi connectivity index (χ3v) is 10.6. The summed E-state index contributed by atoms with van der Waals surface area (Å²) in [4.78, 5) is 46.1. The van der Waals surface area contributed by atoms with Crippen LogP contribution in [0, 0.1) is 6.92 Å². The normalized spacial score (nSPS) is 18.5. The number of piperazine rings is 1. The Morgan fingerprint density at radius 2 is 1.65 bits per heavy atom. The van der Waals surface area contributed by atoms with E-state index >= 15 is 0 Å². The minimum atomic E-state index is -0.272. The number of carbonyl (C=O) groups is 2. The van der Waals surface area contributed by atoms with Crippen molar-refractivity contribution in [2.45, 2.75) is 38.9 Å². The lowest BCUT2D eigenvalue weighted by Gasteiger charge is -2.49. The van der Waals surface area contributed by atoms with Gasteiger partial charge in [-0.2, -0.15) is 0 Å². The molecule has 3 aromatic carbocycles. The van der Waals surface area contributed by atoms with Gasteiger partial charge in [-0.15, -0.1) is 0 Å². The smallest absolute Gasteiger partial charge is 0.331 e. The third kappa shape index (κ3) is 6.93. The first-order valence-electron chi connectivity index (χ1n) is 17.9. The molecule has 0 atom stereocenters. The van der Waals surface area contributed by atoms with Crippen molar-refractivity contribution < 1.29 is 14.3 Å².